The molecule has 1 unspecified atom stereocenters. The highest BCUT2D eigenvalue weighted by Gasteiger charge is 2.20. The Bertz CT molecular complexity index is 391. The number of likely N-dealkylation sites (N-methyl/N-ethyl adjacent to an activating group) is 1. The van der Waals surface area contributed by atoms with Crippen molar-refractivity contribution in [1.29, 1.82) is 0 Å². The van der Waals surface area contributed by atoms with E-state index >= 15 is 0 Å². The molecule has 1 aliphatic heterocycles. The topological polar surface area (TPSA) is 84.1 Å². The number of nitrogens with zero attached hydrogens (tertiary/aromatic N) is 3. The van der Waals surface area contributed by atoms with Crippen molar-refractivity contribution in [2.45, 2.75) is 18.9 Å². The Morgan fingerprint density at radius 2 is 2.35 bits per heavy atom. The first kappa shape index (κ1) is 11.8. The molecule has 92 valence electrons. The largest absolute Gasteiger partial charge is 0.382 e. The summed E-state index contributed by atoms with van der Waals surface area (Å²) in [4.78, 5) is 21.9. The standard InChI is InChI=1S/C11H17N5O/c1-16-4-2-3-8(7-16)15-11(17)9-5-14-10(12)6-13-9/h5-6,8H,2-4,7H2,1H3,(H2,12,14)(H,15,17). The quantitative estimate of drug-likeness (QED) is 0.746. The number of amides is 1. The second kappa shape index (κ2) is 5.09. The second-order valence-corrected chi connectivity index (χ2v) is 4.40. The Morgan fingerprint density at radius 1 is 1.53 bits per heavy atom. The lowest BCUT2D eigenvalue weighted by atomic mass is 10.1. The molecule has 17 heavy (non-hydrogen) atoms. The van der Waals surface area contributed by atoms with Crippen molar-refractivity contribution in [1.82, 2.24) is 20.2 Å². The first-order valence-electron chi connectivity index (χ1n) is 5.72. The summed E-state index contributed by atoms with van der Waals surface area (Å²) in [5.74, 6) is 0.136. The van der Waals surface area contributed by atoms with Gasteiger partial charge < -0.3 is 16.0 Å². The fraction of sp³-hybridized carbons (Fsp3) is 0.545. The van der Waals surface area contributed by atoms with E-state index in [0.717, 1.165) is 25.9 Å². The Morgan fingerprint density at radius 3 is 3.00 bits per heavy atom. The fourth-order valence-electron chi connectivity index (χ4n) is 2.00. The third-order valence-electron chi connectivity index (χ3n) is 2.86. The summed E-state index contributed by atoms with van der Waals surface area (Å²) < 4.78 is 0. The van der Waals surface area contributed by atoms with E-state index in [-0.39, 0.29) is 11.9 Å². The summed E-state index contributed by atoms with van der Waals surface area (Å²) >= 11 is 0. The van der Waals surface area contributed by atoms with Crippen LogP contribution in [-0.4, -0.2) is 47.0 Å². The number of piperidine rings is 1. The molecule has 0 aliphatic carbocycles. The number of aromatic nitrogens is 2. The summed E-state index contributed by atoms with van der Waals surface area (Å²) in [5, 5.41) is 2.96. The molecule has 1 amide bonds. The van der Waals surface area contributed by atoms with Gasteiger partial charge in [0.2, 0.25) is 0 Å². The van der Waals surface area contributed by atoms with Crippen molar-refractivity contribution in [3.05, 3.63) is 18.1 Å². The van der Waals surface area contributed by atoms with E-state index in [4.69, 9.17) is 5.73 Å². The number of carbonyl (C=O) groups excluding carboxylic acids is 1. The fourth-order valence-corrected chi connectivity index (χ4v) is 2.00. The van der Waals surface area contributed by atoms with Crippen molar-refractivity contribution in [3.8, 4) is 0 Å². The van der Waals surface area contributed by atoms with Gasteiger partial charge in [-0.1, -0.05) is 0 Å². The van der Waals surface area contributed by atoms with Crippen molar-refractivity contribution in [2.24, 2.45) is 0 Å². The number of anilines is 1. The number of likely N-dealkylation sites (tertiary alicyclic amines) is 1. The molecular weight excluding hydrogens is 218 g/mol. The average Bonchev–Trinajstić information content (AvgIpc) is 2.29. The molecule has 6 nitrogen and oxygen atoms in total. The second-order valence-electron chi connectivity index (χ2n) is 4.40. The van der Waals surface area contributed by atoms with Crippen molar-refractivity contribution < 1.29 is 4.79 Å². The maximum Gasteiger partial charge on any atom is 0.271 e. The highest BCUT2D eigenvalue weighted by atomic mass is 16.1. The molecule has 1 atom stereocenters. The molecule has 0 aromatic carbocycles. The number of rotatable bonds is 2. The van der Waals surface area contributed by atoms with Gasteiger partial charge in [-0.15, -0.1) is 0 Å². The number of nitrogens with one attached hydrogen (secondary N) is 1. The lowest BCUT2D eigenvalue weighted by Crippen LogP contribution is -2.46. The van der Waals surface area contributed by atoms with Crippen LogP contribution in [0.4, 0.5) is 5.82 Å². The molecule has 0 saturated carbocycles. The number of nitrogens with two attached hydrogens (primary N) is 1. The third kappa shape index (κ3) is 3.13. The maximum atomic E-state index is 11.9. The molecule has 1 aliphatic rings. The number of carbonyl (C=O) groups is 1. The van der Waals surface area contributed by atoms with Crippen LogP contribution in [0.1, 0.15) is 23.3 Å². The van der Waals surface area contributed by atoms with Gasteiger partial charge in [0.1, 0.15) is 11.5 Å². The van der Waals surface area contributed by atoms with Crippen LogP contribution in [0.2, 0.25) is 0 Å². The zero-order valence-corrected chi connectivity index (χ0v) is 9.89. The van der Waals surface area contributed by atoms with Gasteiger partial charge in [-0.3, -0.25) is 4.79 Å². The van der Waals surface area contributed by atoms with E-state index in [1.54, 1.807) is 0 Å². The molecule has 2 heterocycles. The first-order chi connectivity index (χ1) is 8.15. The molecule has 1 saturated heterocycles. The van der Waals surface area contributed by atoms with Crippen LogP contribution in [0.15, 0.2) is 12.4 Å². The molecular formula is C11H17N5O. The lowest BCUT2D eigenvalue weighted by molar-refractivity contribution is 0.0907. The number of hydrogen-bond donors (Lipinski definition) is 2. The zero-order chi connectivity index (χ0) is 12.3. The van der Waals surface area contributed by atoms with E-state index in [9.17, 15) is 4.79 Å². The van der Waals surface area contributed by atoms with Crippen LogP contribution in [-0.2, 0) is 0 Å². The van der Waals surface area contributed by atoms with Crippen LogP contribution in [0.3, 0.4) is 0 Å². The number of hydrogen-bond acceptors (Lipinski definition) is 5. The minimum Gasteiger partial charge on any atom is -0.382 e. The molecule has 6 heteroatoms. The minimum absolute atomic E-state index is 0.183. The van der Waals surface area contributed by atoms with Gasteiger partial charge in [0.05, 0.1) is 12.4 Å². The van der Waals surface area contributed by atoms with E-state index in [0.29, 0.717) is 11.5 Å². The van der Waals surface area contributed by atoms with Gasteiger partial charge in [-0.2, -0.15) is 0 Å². The predicted octanol–water partition coefficient (Wildman–Crippen LogP) is -0.117. The van der Waals surface area contributed by atoms with Crippen LogP contribution < -0.4 is 11.1 Å². The van der Waals surface area contributed by atoms with Crippen LogP contribution in [0, 0.1) is 0 Å². The van der Waals surface area contributed by atoms with Crippen LogP contribution >= 0.6 is 0 Å². The third-order valence-corrected chi connectivity index (χ3v) is 2.86. The molecule has 1 aromatic heterocycles. The van der Waals surface area contributed by atoms with E-state index in [1.165, 1.54) is 12.4 Å². The summed E-state index contributed by atoms with van der Waals surface area (Å²) in [7, 11) is 2.06. The summed E-state index contributed by atoms with van der Waals surface area (Å²) in [5.41, 5.74) is 5.73. The lowest BCUT2D eigenvalue weighted by Gasteiger charge is -2.30. The number of nitrogen functional groups attached to an aromatic ring is 1. The highest BCUT2D eigenvalue weighted by Crippen LogP contribution is 2.08. The van der Waals surface area contributed by atoms with Gasteiger partial charge in [0.15, 0.2) is 0 Å². The van der Waals surface area contributed by atoms with Gasteiger partial charge >= 0.3 is 0 Å². The smallest absolute Gasteiger partial charge is 0.271 e. The minimum atomic E-state index is -0.183. The summed E-state index contributed by atoms with van der Waals surface area (Å²) in [6.07, 6.45) is 4.91. The van der Waals surface area contributed by atoms with Crippen LogP contribution in [0.5, 0.6) is 0 Å². The Kier molecular flexibility index (Phi) is 3.53. The molecule has 0 radical (unpaired) electrons. The van der Waals surface area contributed by atoms with E-state index < -0.39 is 0 Å². The normalized spacial score (nSPS) is 21.1. The SMILES string of the molecule is CN1CCCC(NC(=O)c2cnc(N)cn2)C1. The first-order valence-corrected chi connectivity index (χ1v) is 5.72. The average molecular weight is 235 g/mol. The molecule has 1 fully saturated rings. The Labute approximate surface area is 100 Å². The molecule has 1 aromatic rings. The molecule has 0 bridgehead atoms. The van der Waals surface area contributed by atoms with E-state index in [1.807, 2.05) is 0 Å². The van der Waals surface area contributed by atoms with Crippen molar-refractivity contribution in [3.63, 3.8) is 0 Å². The maximum absolute atomic E-state index is 11.9. The Balaban J connectivity index is 1.94. The van der Waals surface area contributed by atoms with Crippen molar-refractivity contribution in [2.75, 3.05) is 25.9 Å². The zero-order valence-electron chi connectivity index (χ0n) is 9.89. The molecule has 2 rings (SSSR count). The predicted molar refractivity (Wildman–Crippen MR) is 64.4 cm³/mol. The summed E-state index contributed by atoms with van der Waals surface area (Å²) in [6.45, 7) is 1.97. The van der Waals surface area contributed by atoms with E-state index in [2.05, 4.69) is 27.2 Å². The van der Waals surface area contributed by atoms with Gasteiger partial charge in [-0.05, 0) is 26.4 Å². The van der Waals surface area contributed by atoms with Gasteiger partial charge in [0, 0.05) is 12.6 Å². The van der Waals surface area contributed by atoms with Crippen molar-refractivity contribution >= 4 is 11.7 Å². The molecule has 3 N–H and O–H groups in total. The Hall–Kier alpha value is -1.69. The highest BCUT2D eigenvalue weighted by molar-refractivity contribution is 5.92. The van der Waals surface area contributed by atoms with Gasteiger partial charge in [-0.25, -0.2) is 9.97 Å². The summed E-state index contributed by atoms with van der Waals surface area (Å²) in [6, 6.07) is 0.195. The van der Waals surface area contributed by atoms with Gasteiger partial charge in [0.25, 0.3) is 5.91 Å². The molecule has 0 spiro atoms. The van der Waals surface area contributed by atoms with Crippen LogP contribution in [0.25, 0.3) is 0 Å². The monoisotopic (exact) mass is 235 g/mol.